The van der Waals surface area contributed by atoms with Crippen LogP contribution in [0.3, 0.4) is 0 Å². The van der Waals surface area contributed by atoms with E-state index in [1.807, 2.05) is 6.92 Å². The van der Waals surface area contributed by atoms with Crippen LogP contribution in [0.1, 0.15) is 12.6 Å². The minimum Gasteiger partial charge on any atom is -0.486 e. The first-order chi connectivity index (χ1) is 13.1. The van der Waals surface area contributed by atoms with E-state index in [1.54, 1.807) is 22.6 Å². The van der Waals surface area contributed by atoms with Crippen molar-refractivity contribution in [2.75, 3.05) is 24.3 Å². The van der Waals surface area contributed by atoms with E-state index in [0.29, 0.717) is 47.8 Å². The molecule has 0 saturated heterocycles. The van der Waals surface area contributed by atoms with Gasteiger partial charge < -0.3 is 14.8 Å². The molecule has 0 fully saturated rings. The Balaban J connectivity index is 1.45. The summed E-state index contributed by atoms with van der Waals surface area (Å²) in [7, 11) is 0. The van der Waals surface area contributed by atoms with Crippen molar-refractivity contribution in [1.82, 2.24) is 19.6 Å². The number of aromatic amines is 1. The zero-order valence-electron chi connectivity index (χ0n) is 14.5. The molecular weight excluding hydrogens is 370 g/mol. The third-order valence-corrected chi connectivity index (χ3v) is 4.90. The number of hydrogen-bond acceptors (Lipinski definition) is 7. The van der Waals surface area contributed by atoms with Crippen LogP contribution in [-0.2, 0) is 11.2 Å². The monoisotopic (exact) mass is 387 g/mol. The van der Waals surface area contributed by atoms with Gasteiger partial charge in [-0.05, 0) is 18.6 Å². The Kier molecular flexibility index (Phi) is 4.71. The second-order valence-corrected chi connectivity index (χ2v) is 6.76. The van der Waals surface area contributed by atoms with Gasteiger partial charge in [0.15, 0.2) is 16.7 Å². The van der Waals surface area contributed by atoms with Crippen LogP contribution in [0, 0.1) is 0 Å². The van der Waals surface area contributed by atoms with Gasteiger partial charge in [-0.1, -0.05) is 18.7 Å². The smallest absolute Gasteiger partial charge is 0.252 e. The second-order valence-electron chi connectivity index (χ2n) is 5.82. The van der Waals surface area contributed by atoms with Crippen LogP contribution < -0.4 is 20.3 Å². The topological polar surface area (TPSA) is 111 Å². The maximum atomic E-state index is 12.3. The van der Waals surface area contributed by atoms with E-state index < -0.39 is 0 Å². The molecule has 0 bridgehead atoms. The van der Waals surface area contributed by atoms with Gasteiger partial charge in [0.25, 0.3) is 5.56 Å². The lowest BCUT2D eigenvalue weighted by Crippen LogP contribution is -2.17. The largest absolute Gasteiger partial charge is 0.486 e. The Hall–Kier alpha value is -3.01. The van der Waals surface area contributed by atoms with Gasteiger partial charge in [0, 0.05) is 23.5 Å². The number of anilines is 1. The van der Waals surface area contributed by atoms with E-state index in [9.17, 15) is 9.59 Å². The average Bonchev–Trinajstić information content (AvgIpc) is 3.08. The summed E-state index contributed by atoms with van der Waals surface area (Å²) in [4.78, 5) is 26.6. The molecule has 0 atom stereocenters. The number of thioether (sulfide) groups is 1. The Morgan fingerprint density at radius 3 is 2.89 bits per heavy atom. The summed E-state index contributed by atoms with van der Waals surface area (Å²) in [6.07, 6.45) is 0.648. The lowest BCUT2D eigenvalue weighted by atomic mass is 10.2. The SMILES string of the molecule is CCc1cc(=O)[nH]c2nnc(SCC(=O)Nc3ccc4c(c3)OCCO4)n12. The molecule has 2 N–H and O–H groups in total. The highest BCUT2D eigenvalue weighted by Crippen LogP contribution is 2.32. The number of carbonyl (C=O) groups is 1. The molecule has 1 aromatic carbocycles. The molecule has 0 spiro atoms. The molecule has 0 unspecified atom stereocenters. The maximum absolute atomic E-state index is 12.3. The molecule has 3 aromatic rings. The molecule has 0 radical (unpaired) electrons. The van der Waals surface area contributed by atoms with Gasteiger partial charge >= 0.3 is 0 Å². The summed E-state index contributed by atoms with van der Waals surface area (Å²) in [5.74, 6) is 1.62. The second kappa shape index (κ2) is 7.31. The molecule has 10 heteroatoms. The first kappa shape index (κ1) is 17.4. The predicted octanol–water partition coefficient (Wildman–Crippen LogP) is 1.48. The first-order valence-electron chi connectivity index (χ1n) is 8.43. The molecule has 27 heavy (non-hydrogen) atoms. The molecule has 9 nitrogen and oxygen atoms in total. The van der Waals surface area contributed by atoms with E-state index in [-0.39, 0.29) is 17.2 Å². The summed E-state index contributed by atoms with van der Waals surface area (Å²) in [6, 6.07) is 6.79. The Morgan fingerprint density at radius 2 is 2.07 bits per heavy atom. The number of carbonyl (C=O) groups excluding carboxylic acids is 1. The lowest BCUT2D eigenvalue weighted by molar-refractivity contribution is -0.113. The van der Waals surface area contributed by atoms with Gasteiger partial charge in [-0.2, -0.15) is 0 Å². The van der Waals surface area contributed by atoms with Gasteiger partial charge in [0.05, 0.1) is 5.75 Å². The number of rotatable bonds is 5. The summed E-state index contributed by atoms with van der Waals surface area (Å²) < 4.78 is 12.7. The highest BCUT2D eigenvalue weighted by Gasteiger charge is 2.15. The van der Waals surface area contributed by atoms with Crippen molar-refractivity contribution in [3.8, 4) is 11.5 Å². The van der Waals surface area contributed by atoms with Gasteiger partial charge in [0.2, 0.25) is 11.7 Å². The van der Waals surface area contributed by atoms with Crippen LogP contribution in [-0.4, -0.2) is 44.5 Å². The highest BCUT2D eigenvalue weighted by atomic mass is 32.2. The standard InChI is InChI=1S/C17H17N5O4S/c1-2-11-8-14(23)19-16-20-21-17(22(11)16)27-9-15(24)18-10-3-4-12-13(7-10)26-6-5-25-12/h3-4,7-8H,2,5-6,9H2,1H3,(H,18,24)(H,19,20,23). The highest BCUT2D eigenvalue weighted by molar-refractivity contribution is 7.99. The molecular formula is C17H17N5O4S. The zero-order chi connectivity index (χ0) is 18.8. The molecule has 4 rings (SSSR count). The summed E-state index contributed by atoms with van der Waals surface area (Å²) in [6.45, 7) is 2.95. The van der Waals surface area contributed by atoms with Gasteiger partial charge in [-0.3, -0.25) is 19.0 Å². The Morgan fingerprint density at radius 1 is 1.26 bits per heavy atom. The maximum Gasteiger partial charge on any atom is 0.252 e. The van der Waals surface area contributed by atoms with Gasteiger partial charge in [-0.25, -0.2) is 0 Å². The van der Waals surface area contributed by atoms with Crippen molar-refractivity contribution in [1.29, 1.82) is 0 Å². The minimum atomic E-state index is -0.223. The van der Waals surface area contributed by atoms with Gasteiger partial charge in [0.1, 0.15) is 13.2 Å². The lowest BCUT2D eigenvalue weighted by Gasteiger charge is -2.18. The predicted molar refractivity (Wildman–Crippen MR) is 99.8 cm³/mol. The van der Waals surface area contributed by atoms with E-state index >= 15 is 0 Å². The quantitative estimate of drug-likeness (QED) is 0.638. The van der Waals surface area contributed by atoms with Crippen molar-refractivity contribution >= 4 is 29.1 Å². The number of aryl methyl sites for hydroxylation is 1. The van der Waals surface area contributed by atoms with Crippen LogP contribution in [0.5, 0.6) is 11.5 Å². The van der Waals surface area contributed by atoms with Crippen molar-refractivity contribution in [2.45, 2.75) is 18.5 Å². The summed E-state index contributed by atoms with van der Waals surface area (Å²) in [5, 5.41) is 11.4. The third kappa shape index (κ3) is 3.61. The molecule has 140 valence electrons. The fourth-order valence-electron chi connectivity index (χ4n) is 2.77. The number of amides is 1. The first-order valence-corrected chi connectivity index (χ1v) is 9.42. The molecule has 1 amide bonds. The fraction of sp³-hybridized carbons (Fsp3) is 0.294. The van der Waals surface area contributed by atoms with Crippen LogP contribution in [0.25, 0.3) is 5.78 Å². The van der Waals surface area contributed by atoms with Crippen LogP contribution >= 0.6 is 11.8 Å². The Bertz CT molecular complexity index is 1060. The molecule has 2 aromatic heterocycles. The number of nitrogens with zero attached hydrogens (tertiary/aromatic N) is 3. The summed E-state index contributed by atoms with van der Waals surface area (Å²) in [5.41, 5.74) is 1.20. The zero-order valence-corrected chi connectivity index (χ0v) is 15.3. The third-order valence-electron chi connectivity index (χ3n) is 3.97. The molecule has 0 saturated carbocycles. The molecule has 1 aliphatic heterocycles. The van der Waals surface area contributed by atoms with Crippen LogP contribution in [0.4, 0.5) is 5.69 Å². The average molecular weight is 387 g/mol. The van der Waals surface area contributed by atoms with Crippen LogP contribution in [0.15, 0.2) is 34.2 Å². The number of benzene rings is 1. The molecule has 3 heterocycles. The molecule has 0 aliphatic carbocycles. The van der Waals surface area contributed by atoms with E-state index in [2.05, 4.69) is 20.5 Å². The number of ether oxygens (including phenoxy) is 2. The normalized spacial score (nSPS) is 12.9. The number of fused-ring (bicyclic) bond motifs is 2. The number of aromatic nitrogens is 4. The van der Waals surface area contributed by atoms with E-state index in [1.165, 1.54) is 17.8 Å². The Labute approximate surface area is 158 Å². The number of H-pyrrole nitrogens is 1. The fourth-order valence-corrected chi connectivity index (χ4v) is 3.54. The summed E-state index contributed by atoms with van der Waals surface area (Å²) >= 11 is 1.25. The van der Waals surface area contributed by atoms with E-state index in [0.717, 1.165) is 5.69 Å². The van der Waals surface area contributed by atoms with Crippen LogP contribution in [0.2, 0.25) is 0 Å². The number of hydrogen-bond donors (Lipinski definition) is 2. The van der Waals surface area contributed by atoms with Gasteiger partial charge in [-0.15, -0.1) is 10.2 Å². The van der Waals surface area contributed by atoms with E-state index in [4.69, 9.17) is 9.47 Å². The minimum absolute atomic E-state index is 0.150. The van der Waals surface area contributed by atoms with Crippen molar-refractivity contribution in [3.05, 3.63) is 40.3 Å². The van der Waals surface area contributed by atoms with Crippen molar-refractivity contribution in [3.63, 3.8) is 0 Å². The van der Waals surface area contributed by atoms with Crippen molar-refractivity contribution < 1.29 is 14.3 Å². The number of nitrogens with one attached hydrogen (secondary N) is 2. The molecule has 1 aliphatic rings. The van der Waals surface area contributed by atoms with Crippen molar-refractivity contribution in [2.24, 2.45) is 0 Å².